The van der Waals surface area contributed by atoms with Gasteiger partial charge >= 0.3 is 0 Å². The van der Waals surface area contributed by atoms with Crippen molar-refractivity contribution in [3.05, 3.63) is 53.7 Å². The highest BCUT2D eigenvalue weighted by Gasteiger charge is 2.29. The molecular formula is C21H25N3O4. The van der Waals surface area contributed by atoms with Crippen LogP contribution < -0.4 is 5.32 Å². The summed E-state index contributed by atoms with van der Waals surface area (Å²) < 4.78 is 10.8. The number of ether oxygens (including phenoxy) is 1. The summed E-state index contributed by atoms with van der Waals surface area (Å²) in [4.78, 5) is 31.8. The van der Waals surface area contributed by atoms with Crippen LogP contribution in [0.15, 0.2) is 41.0 Å². The second-order valence-corrected chi connectivity index (χ2v) is 7.43. The number of hydrogen-bond acceptors (Lipinski definition) is 5. The van der Waals surface area contributed by atoms with Crippen molar-refractivity contribution in [3.63, 3.8) is 0 Å². The van der Waals surface area contributed by atoms with Crippen LogP contribution in [0.25, 0.3) is 0 Å². The van der Waals surface area contributed by atoms with Gasteiger partial charge in [0.05, 0.1) is 13.2 Å². The SMILES string of the molecule is O=C(NC(Cc1ccccc1)C(=O)N1CCOCC1)c1coc(CC2CC2)n1. The molecule has 1 saturated heterocycles. The molecule has 0 spiro atoms. The van der Waals surface area contributed by atoms with Crippen LogP contribution in [0.5, 0.6) is 0 Å². The van der Waals surface area contributed by atoms with Gasteiger partial charge in [0.15, 0.2) is 11.6 Å². The number of hydrogen-bond donors (Lipinski definition) is 1. The van der Waals surface area contributed by atoms with Gasteiger partial charge in [0.2, 0.25) is 5.91 Å². The van der Waals surface area contributed by atoms with Crippen molar-refractivity contribution in [3.8, 4) is 0 Å². The zero-order chi connectivity index (χ0) is 19.3. The van der Waals surface area contributed by atoms with Crippen LogP contribution in [0, 0.1) is 5.92 Å². The van der Waals surface area contributed by atoms with Crippen molar-refractivity contribution in [1.29, 1.82) is 0 Å². The maximum Gasteiger partial charge on any atom is 0.273 e. The highest BCUT2D eigenvalue weighted by Crippen LogP contribution is 2.32. The van der Waals surface area contributed by atoms with Crippen LogP contribution in [0.3, 0.4) is 0 Å². The molecule has 2 heterocycles. The summed E-state index contributed by atoms with van der Waals surface area (Å²) in [5.74, 6) is 0.741. The minimum atomic E-state index is -0.656. The predicted molar refractivity (Wildman–Crippen MR) is 102 cm³/mol. The minimum Gasteiger partial charge on any atom is -0.448 e. The second-order valence-electron chi connectivity index (χ2n) is 7.43. The quantitative estimate of drug-likeness (QED) is 0.788. The first-order valence-electron chi connectivity index (χ1n) is 9.85. The Bertz CT molecular complexity index is 810. The van der Waals surface area contributed by atoms with Crippen molar-refractivity contribution in [2.75, 3.05) is 26.3 Å². The maximum absolute atomic E-state index is 13.0. The van der Waals surface area contributed by atoms with Gasteiger partial charge in [0.25, 0.3) is 5.91 Å². The van der Waals surface area contributed by atoms with Gasteiger partial charge in [-0.1, -0.05) is 30.3 Å². The third kappa shape index (κ3) is 4.78. The Morgan fingerprint density at radius 1 is 1.18 bits per heavy atom. The average molecular weight is 383 g/mol. The molecule has 1 atom stereocenters. The number of amides is 2. The second kappa shape index (κ2) is 8.56. The fourth-order valence-electron chi connectivity index (χ4n) is 3.36. The number of nitrogens with one attached hydrogen (secondary N) is 1. The number of morpholine rings is 1. The maximum atomic E-state index is 13.0. The Hall–Kier alpha value is -2.67. The molecule has 148 valence electrons. The highest BCUT2D eigenvalue weighted by molar-refractivity contribution is 5.96. The van der Waals surface area contributed by atoms with Gasteiger partial charge in [-0.25, -0.2) is 4.98 Å². The third-order valence-corrected chi connectivity index (χ3v) is 5.15. The lowest BCUT2D eigenvalue weighted by atomic mass is 10.0. The first-order valence-corrected chi connectivity index (χ1v) is 9.85. The summed E-state index contributed by atoms with van der Waals surface area (Å²) in [5, 5.41) is 2.87. The van der Waals surface area contributed by atoms with Crippen LogP contribution in [0.4, 0.5) is 0 Å². The van der Waals surface area contributed by atoms with Crippen molar-refractivity contribution in [2.45, 2.75) is 31.7 Å². The summed E-state index contributed by atoms with van der Waals surface area (Å²) in [5.41, 5.74) is 1.22. The Kier molecular flexibility index (Phi) is 5.71. The van der Waals surface area contributed by atoms with Gasteiger partial charge < -0.3 is 19.4 Å². The molecule has 1 unspecified atom stereocenters. The molecule has 1 aromatic heterocycles. The zero-order valence-corrected chi connectivity index (χ0v) is 15.8. The van der Waals surface area contributed by atoms with Crippen LogP contribution >= 0.6 is 0 Å². The number of nitrogens with zero attached hydrogens (tertiary/aromatic N) is 2. The van der Waals surface area contributed by atoms with Crippen molar-refractivity contribution in [1.82, 2.24) is 15.2 Å². The van der Waals surface area contributed by atoms with Gasteiger partial charge in [-0.3, -0.25) is 9.59 Å². The van der Waals surface area contributed by atoms with Crippen molar-refractivity contribution < 1.29 is 18.7 Å². The van der Waals surface area contributed by atoms with Crippen LogP contribution in [-0.4, -0.2) is 54.0 Å². The molecule has 0 bridgehead atoms. The summed E-state index contributed by atoms with van der Waals surface area (Å²) in [6, 6.07) is 9.03. The van der Waals surface area contributed by atoms with Crippen LogP contribution in [0.2, 0.25) is 0 Å². The Morgan fingerprint density at radius 3 is 2.64 bits per heavy atom. The Morgan fingerprint density at radius 2 is 1.93 bits per heavy atom. The summed E-state index contributed by atoms with van der Waals surface area (Å²) in [7, 11) is 0. The number of benzene rings is 1. The molecule has 7 nitrogen and oxygen atoms in total. The monoisotopic (exact) mass is 383 g/mol. The first kappa shape index (κ1) is 18.7. The molecule has 28 heavy (non-hydrogen) atoms. The molecule has 2 amide bonds. The molecule has 0 radical (unpaired) electrons. The van der Waals surface area contributed by atoms with Crippen molar-refractivity contribution in [2.24, 2.45) is 5.92 Å². The molecular weight excluding hydrogens is 358 g/mol. The van der Waals surface area contributed by atoms with E-state index < -0.39 is 6.04 Å². The lowest BCUT2D eigenvalue weighted by molar-refractivity contribution is -0.137. The Labute approximate surface area is 164 Å². The fourth-order valence-corrected chi connectivity index (χ4v) is 3.36. The first-order chi connectivity index (χ1) is 13.7. The van der Waals surface area contributed by atoms with Crippen LogP contribution in [0.1, 0.15) is 34.8 Å². The van der Waals surface area contributed by atoms with Crippen LogP contribution in [-0.2, 0) is 22.4 Å². The van der Waals surface area contributed by atoms with E-state index in [0.29, 0.717) is 44.5 Å². The van der Waals surface area contributed by atoms with E-state index in [-0.39, 0.29) is 17.5 Å². The largest absolute Gasteiger partial charge is 0.448 e. The minimum absolute atomic E-state index is 0.0952. The molecule has 7 heteroatoms. The zero-order valence-electron chi connectivity index (χ0n) is 15.8. The number of carbonyl (C=O) groups excluding carboxylic acids is 2. The predicted octanol–water partition coefficient (Wildman–Crippen LogP) is 1.83. The van der Waals surface area contributed by atoms with E-state index >= 15 is 0 Å². The van der Waals surface area contributed by atoms with E-state index in [9.17, 15) is 9.59 Å². The summed E-state index contributed by atoms with van der Waals surface area (Å²) in [6.07, 6.45) is 4.96. The molecule has 2 aromatic rings. The normalized spacial score (nSPS) is 17.9. The van der Waals surface area contributed by atoms with Gasteiger partial charge in [0.1, 0.15) is 12.3 Å². The van der Waals surface area contributed by atoms with Crippen molar-refractivity contribution >= 4 is 11.8 Å². The third-order valence-electron chi connectivity index (χ3n) is 5.15. The lowest BCUT2D eigenvalue weighted by Gasteiger charge is -2.30. The standard InChI is InChI=1S/C21H25N3O4/c25-20(18-14-28-19(22-18)13-16-6-7-16)23-17(12-15-4-2-1-3-5-15)21(26)24-8-10-27-11-9-24/h1-5,14,16-17H,6-13H2,(H,23,25). The number of oxazole rings is 1. The molecule has 2 aliphatic rings. The van der Waals surface area contributed by atoms with E-state index in [1.54, 1.807) is 4.90 Å². The number of carbonyl (C=O) groups is 2. The molecule has 1 aromatic carbocycles. The molecule has 1 saturated carbocycles. The molecule has 1 aliphatic heterocycles. The lowest BCUT2D eigenvalue weighted by Crippen LogP contribution is -2.52. The molecule has 4 rings (SSSR count). The number of aromatic nitrogens is 1. The van der Waals surface area contributed by atoms with E-state index in [1.807, 2.05) is 30.3 Å². The van der Waals surface area contributed by atoms with Gasteiger partial charge in [-0.05, 0) is 24.3 Å². The smallest absolute Gasteiger partial charge is 0.273 e. The molecule has 1 N–H and O–H groups in total. The fraction of sp³-hybridized carbons (Fsp3) is 0.476. The molecule has 1 aliphatic carbocycles. The summed E-state index contributed by atoms with van der Waals surface area (Å²) >= 11 is 0. The Balaban J connectivity index is 1.46. The summed E-state index contributed by atoms with van der Waals surface area (Å²) in [6.45, 7) is 2.11. The van der Waals surface area contributed by atoms with Gasteiger partial charge in [-0.2, -0.15) is 0 Å². The topological polar surface area (TPSA) is 84.7 Å². The van der Waals surface area contributed by atoms with Gasteiger partial charge in [0, 0.05) is 25.9 Å². The van der Waals surface area contributed by atoms with E-state index in [2.05, 4.69) is 10.3 Å². The average Bonchev–Trinajstić information content (AvgIpc) is 3.42. The van der Waals surface area contributed by atoms with E-state index in [1.165, 1.54) is 19.1 Å². The van der Waals surface area contributed by atoms with E-state index in [0.717, 1.165) is 12.0 Å². The van der Waals surface area contributed by atoms with Gasteiger partial charge in [-0.15, -0.1) is 0 Å². The highest BCUT2D eigenvalue weighted by atomic mass is 16.5. The van der Waals surface area contributed by atoms with E-state index in [4.69, 9.17) is 9.15 Å². The molecule has 2 fully saturated rings. The number of rotatable bonds is 7.